The maximum atomic E-state index is 6.54. The first-order valence-corrected chi connectivity index (χ1v) is 8.53. The van der Waals surface area contributed by atoms with Gasteiger partial charge in [0.05, 0.1) is 11.4 Å². The highest BCUT2D eigenvalue weighted by atomic mass is 14.8. The molecule has 0 saturated carbocycles. The van der Waals surface area contributed by atoms with Gasteiger partial charge in [-0.3, -0.25) is 0 Å². The van der Waals surface area contributed by atoms with Gasteiger partial charge in [0.25, 0.3) is 0 Å². The molecule has 0 aliphatic heterocycles. The fourth-order valence-electron chi connectivity index (χ4n) is 2.81. The van der Waals surface area contributed by atoms with Crippen molar-refractivity contribution in [2.45, 2.75) is 13.3 Å². The summed E-state index contributed by atoms with van der Waals surface area (Å²) in [4.78, 5) is 4.93. The molecule has 3 aromatic rings. The van der Waals surface area contributed by atoms with Crippen LogP contribution in [0, 0.1) is 0 Å². The van der Waals surface area contributed by atoms with E-state index in [4.69, 9.17) is 10.7 Å². The summed E-state index contributed by atoms with van der Waals surface area (Å²) in [7, 11) is 0. The Kier molecular flexibility index (Phi) is 5.43. The summed E-state index contributed by atoms with van der Waals surface area (Å²) in [5.74, 6) is 0. The lowest BCUT2D eigenvalue weighted by atomic mass is 9.95. The normalized spacial score (nSPS) is 12.6. The Bertz CT molecular complexity index is 864. The highest BCUT2D eigenvalue weighted by Gasteiger charge is 2.13. The summed E-state index contributed by atoms with van der Waals surface area (Å²) in [6.45, 7) is 2.12. The Balaban J connectivity index is 2.18. The monoisotopic (exact) mass is 326 g/mol. The lowest BCUT2D eigenvalue weighted by Gasteiger charge is -2.14. The number of benzene rings is 3. The average Bonchev–Trinajstić information content (AvgIpc) is 2.70. The van der Waals surface area contributed by atoms with Gasteiger partial charge >= 0.3 is 0 Å². The van der Waals surface area contributed by atoms with Crippen LogP contribution in [0.25, 0.3) is 5.70 Å². The zero-order valence-electron chi connectivity index (χ0n) is 14.4. The molecule has 0 aliphatic carbocycles. The lowest BCUT2D eigenvalue weighted by molar-refractivity contribution is 1.16. The molecule has 0 heterocycles. The van der Waals surface area contributed by atoms with Crippen LogP contribution in [0.3, 0.4) is 0 Å². The Morgan fingerprint density at radius 1 is 0.720 bits per heavy atom. The van der Waals surface area contributed by atoms with Gasteiger partial charge in [0, 0.05) is 16.8 Å². The number of nitrogens with two attached hydrogens (primary N) is 1. The summed E-state index contributed by atoms with van der Waals surface area (Å²) >= 11 is 0. The van der Waals surface area contributed by atoms with E-state index in [2.05, 4.69) is 19.1 Å². The second-order valence-electron chi connectivity index (χ2n) is 5.77. The molecule has 0 fully saturated rings. The highest BCUT2D eigenvalue weighted by molar-refractivity contribution is 6.17. The van der Waals surface area contributed by atoms with Crippen molar-refractivity contribution in [2.75, 3.05) is 0 Å². The Labute approximate surface area is 149 Å². The van der Waals surface area contributed by atoms with E-state index < -0.39 is 0 Å². The van der Waals surface area contributed by atoms with E-state index in [1.54, 1.807) is 0 Å². The standard InChI is InChI=1S/C23H22N2/c1-2-21(22(24)18-12-6-3-7-13-18)23(19-14-8-4-9-15-19)25-20-16-10-5-11-17-20/h3-17H,2,24H2,1H3/b22-21-,25-23?. The molecule has 124 valence electrons. The van der Waals surface area contributed by atoms with Crippen LogP contribution in [0.15, 0.2) is 102 Å². The van der Waals surface area contributed by atoms with Crippen molar-refractivity contribution in [1.82, 2.24) is 0 Å². The van der Waals surface area contributed by atoms with Crippen LogP contribution in [0.5, 0.6) is 0 Å². The van der Waals surface area contributed by atoms with Crippen molar-refractivity contribution >= 4 is 17.1 Å². The average molecular weight is 326 g/mol. The maximum Gasteiger partial charge on any atom is 0.0761 e. The van der Waals surface area contributed by atoms with Crippen LogP contribution in [-0.2, 0) is 0 Å². The fraction of sp³-hybridized carbons (Fsp3) is 0.0870. The predicted molar refractivity (Wildman–Crippen MR) is 107 cm³/mol. The summed E-state index contributed by atoms with van der Waals surface area (Å²) in [5.41, 5.74) is 12.3. The van der Waals surface area contributed by atoms with Gasteiger partial charge in [-0.05, 0) is 24.1 Å². The van der Waals surface area contributed by atoms with Gasteiger partial charge in [-0.2, -0.15) is 0 Å². The smallest absolute Gasteiger partial charge is 0.0761 e. The minimum Gasteiger partial charge on any atom is -0.398 e. The number of hydrogen-bond acceptors (Lipinski definition) is 2. The molecular weight excluding hydrogens is 304 g/mol. The van der Waals surface area contributed by atoms with Crippen LogP contribution < -0.4 is 5.73 Å². The van der Waals surface area contributed by atoms with E-state index in [0.717, 1.165) is 40.2 Å². The quantitative estimate of drug-likeness (QED) is 0.610. The van der Waals surface area contributed by atoms with Crippen molar-refractivity contribution in [3.8, 4) is 0 Å². The summed E-state index contributed by atoms with van der Waals surface area (Å²) in [5, 5.41) is 0. The van der Waals surface area contributed by atoms with Crippen molar-refractivity contribution in [3.05, 3.63) is 108 Å². The van der Waals surface area contributed by atoms with Gasteiger partial charge in [0.15, 0.2) is 0 Å². The first-order valence-electron chi connectivity index (χ1n) is 8.53. The van der Waals surface area contributed by atoms with Gasteiger partial charge in [0.2, 0.25) is 0 Å². The van der Waals surface area contributed by atoms with Gasteiger partial charge in [-0.1, -0.05) is 85.8 Å². The summed E-state index contributed by atoms with van der Waals surface area (Å²) in [6, 6.07) is 30.3. The number of nitrogens with zero attached hydrogens (tertiary/aromatic N) is 1. The van der Waals surface area contributed by atoms with Gasteiger partial charge in [-0.25, -0.2) is 4.99 Å². The molecule has 2 nitrogen and oxygen atoms in total. The number of para-hydroxylation sites is 1. The highest BCUT2D eigenvalue weighted by Crippen LogP contribution is 2.24. The van der Waals surface area contributed by atoms with E-state index in [9.17, 15) is 0 Å². The molecule has 0 aliphatic rings. The van der Waals surface area contributed by atoms with Crippen molar-refractivity contribution < 1.29 is 0 Å². The predicted octanol–water partition coefficient (Wildman–Crippen LogP) is 5.59. The zero-order chi connectivity index (χ0) is 17.5. The second kappa shape index (κ2) is 8.11. The molecule has 0 spiro atoms. The number of rotatable bonds is 5. The summed E-state index contributed by atoms with van der Waals surface area (Å²) in [6.07, 6.45) is 0.807. The lowest BCUT2D eigenvalue weighted by Crippen LogP contribution is -2.11. The number of hydrogen-bond donors (Lipinski definition) is 1. The number of aliphatic imine (C=N–C) groups is 1. The van der Waals surface area contributed by atoms with Crippen LogP contribution in [0.1, 0.15) is 24.5 Å². The molecule has 2 N–H and O–H groups in total. The zero-order valence-corrected chi connectivity index (χ0v) is 14.4. The maximum absolute atomic E-state index is 6.54. The molecule has 0 amide bonds. The second-order valence-corrected chi connectivity index (χ2v) is 5.77. The van der Waals surface area contributed by atoms with Crippen LogP contribution in [0.4, 0.5) is 5.69 Å². The number of allylic oxidation sites excluding steroid dienone is 1. The van der Waals surface area contributed by atoms with Crippen molar-refractivity contribution in [1.29, 1.82) is 0 Å². The van der Waals surface area contributed by atoms with Crippen LogP contribution in [-0.4, -0.2) is 5.71 Å². The van der Waals surface area contributed by atoms with Crippen molar-refractivity contribution in [2.24, 2.45) is 10.7 Å². The summed E-state index contributed by atoms with van der Waals surface area (Å²) < 4.78 is 0. The topological polar surface area (TPSA) is 38.4 Å². The van der Waals surface area contributed by atoms with E-state index in [1.807, 2.05) is 78.9 Å². The Morgan fingerprint density at radius 2 is 1.20 bits per heavy atom. The molecular formula is C23H22N2. The molecule has 0 saturated heterocycles. The van der Waals surface area contributed by atoms with E-state index in [0.29, 0.717) is 0 Å². The first-order chi connectivity index (χ1) is 12.3. The van der Waals surface area contributed by atoms with Crippen molar-refractivity contribution in [3.63, 3.8) is 0 Å². The molecule has 0 atom stereocenters. The van der Waals surface area contributed by atoms with Crippen LogP contribution >= 0.6 is 0 Å². The molecule has 0 unspecified atom stereocenters. The first kappa shape index (κ1) is 16.7. The fourth-order valence-corrected chi connectivity index (χ4v) is 2.81. The molecule has 25 heavy (non-hydrogen) atoms. The molecule has 0 bridgehead atoms. The minimum absolute atomic E-state index is 0.779. The molecule has 3 rings (SSSR count). The van der Waals surface area contributed by atoms with Gasteiger partial charge in [0.1, 0.15) is 0 Å². The largest absolute Gasteiger partial charge is 0.398 e. The van der Waals surface area contributed by atoms with Gasteiger partial charge < -0.3 is 5.73 Å². The third kappa shape index (κ3) is 4.04. The van der Waals surface area contributed by atoms with E-state index in [1.165, 1.54) is 0 Å². The molecule has 2 heteroatoms. The third-order valence-corrected chi connectivity index (χ3v) is 4.09. The molecule has 0 aromatic heterocycles. The minimum atomic E-state index is 0.779. The Morgan fingerprint density at radius 3 is 1.72 bits per heavy atom. The van der Waals surface area contributed by atoms with E-state index in [-0.39, 0.29) is 0 Å². The molecule has 3 aromatic carbocycles. The SMILES string of the molecule is CC/C(C(=Nc1ccccc1)c1ccccc1)=C(/N)c1ccccc1. The van der Waals surface area contributed by atoms with Crippen LogP contribution in [0.2, 0.25) is 0 Å². The Hall–Kier alpha value is -3.13. The van der Waals surface area contributed by atoms with E-state index >= 15 is 0 Å². The van der Waals surface area contributed by atoms with Gasteiger partial charge in [-0.15, -0.1) is 0 Å². The third-order valence-electron chi connectivity index (χ3n) is 4.09. The molecule has 0 radical (unpaired) electrons.